The maximum absolute atomic E-state index is 12.0. The molecule has 0 atom stereocenters. The molecule has 0 saturated heterocycles. The molecular weight excluding hydrogens is 364 g/mol. The van der Waals surface area contributed by atoms with E-state index in [9.17, 15) is 9.59 Å². The summed E-state index contributed by atoms with van der Waals surface area (Å²) in [7, 11) is 1.30. The number of aryl methyl sites for hydroxylation is 2. The second-order valence-corrected chi connectivity index (χ2v) is 6.91. The molecule has 0 spiro atoms. The number of amides is 1. The molecule has 1 N–H and O–H groups in total. The lowest BCUT2D eigenvalue weighted by molar-refractivity contribution is -0.116. The van der Waals surface area contributed by atoms with Crippen molar-refractivity contribution in [1.29, 1.82) is 0 Å². The van der Waals surface area contributed by atoms with Gasteiger partial charge in [-0.25, -0.2) is 9.78 Å². The van der Waals surface area contributed by atoms with Gasteiger partial charge >= 0.3 is 5.97 Å². The fourth-order valence-corrected chi connectivity index (χ4v) is 3.55. The number of thiazole rings is 1. The quantitative estimate of drug-likeness (QED) is 0.657. The molecule has 0 unspecified atom stereocenters. The highest BCUT2D eigenvalue weighted by atomic mass is 32.1. The number of esters is 1. The fourth-order valence-electron chi connectivity index (χ4n) is 2.00. The Morgan fingerprint density at radius 1 is 1.36 bits per heavy atom. The van der Waals surface area contributed by atoms with Crippen LogP contribution in [0.15, 0.2) is 22.0 Å². The predicted octanol–water partition coefficient (Wildman–Crippen LogP) is 2.92. The number of thiophene rings is 1. The maximum Gasteiger partial charge on any atom is 0.350 e. The molecule has 130 valence electrons. The SMILES string of the molecule is COC(=O)c1sc(NC(=O)CCc2nc(-c3cccs3)no2)nc1C. The van der Waals surface area contributed by atoms with Crippen molar-refractivity contribution in [2.75, 3.05) is 12.4 Å². The zero-order valence-electron chi connectivity index (χ0n) is 13.4. The number of anilines is 1. The lowest BCUT2D eigenvalue weighted by atomic mass is 10.3. The number of hydrogen-bond donors (Lipinski definition) is 1. The third kappa shape index (κ3) is 4.09. The number of aromatic nitrogens is 3. The molecule has 0 aromatic carbocycles. The van der Waals surface area contributed by atoms with Crippen LogP contribution in [-0.2, 0) is 16.0 Å². The van der Waals surface area contributed by atoms with Gasteiger partial charge < -0.3 is 14.6 Å². The molecule has 3 aromatic rings. The Balaban J connectivity index is 1.56. The molecule has 0 radical (unpaired) electrons. The number of nitrogens with zero attached hydrogens (tertiary/aromatic N) is 3. The van der Waals surface area contributed by atoms with E-state index in [2.05, 4.69) is 25.2 Å². The van der Waals surface area contributed by atoms with Crippen LogP contribution in [0, 0.1) is 6.92 Å². The van der Waals surface area contributed by atoms with E-state index < -0.39 is 5.97 Å². The van der Waals surface area contributed by atoms with Crippen LogP contribution in [0.3, 0.4) is 0 Å². The Morgan fingerprint density at radius 3 is 2.92 bits per heavy atom. The van der Waals surface area contributed by atoms with Crippen molar-refractivity contribution >= 4 is 39.7 Å². The normalized spacial score (nSPS) is 10.6. The van der Waals surface area contributed by atoms with Crippen molar-refractivity contribution in [2.45, 2.75) is 19.8 Å². The Morgan fingerprint density at radius 2 is 2.20 bits per heavy atom. The van der Waals surface area contributed by atoms with Crippen LogP contribution in [0.4, 0.5) is 5.13 Å². The van der Waals surface area contributed by atoms with Gasteiger partial charge in [-0.2, -0.15) is 4.98 Å². The van der Waals surface area contributed by atoms with Gasteiger partial charge in [-0.05, 0) is 18.4 Å². The molecule has 8 nitrogen and oxygen atoms in total. The van der Waals surface area contributed by atoms with Crippen LogP contribution in [0.1, 0.15) is 27.7 Å². The summed E-state index contributed by atoms with van der Waals surface area (Å²) in [5.41, 5.74) is 0.518. The highest BCUT2D eigenvalue weighted by Gasteiger charge is 2.17. The third-order valence-corrected chi connectivity index (χ3v) is 5.11. The van der Waals surface area contributed by atoms with Gasteiger partial charge in [-0.3, -0.25) is 4.79 Å². The molecule has 3 aromatic heterocycles. The smallest absolute Gasteiger partial charge is 0.350 e. The van der Waals surface area contributed by atoms with Crippen molar-refractivity contribution in [3.8, 4) is 10.7 Å². The third-order valence-electron chi connectivity index (χ3n) is 3.19. The van der Waals surface area contributed by atoms with Crippen LogP contribution in [0.25, 0.3) is 10.7 Å². The fraction of sp³-hybridized carbons (Fsp3) is 0.267. The van der Waals surface area contributed by atoms with Gasteiger partial charge in [0.1, 0.15) is 4.88 Å². The predicted molar refractivity (Wildman–Crippen MR) is 92.8 cm³/mol. The summed E-state index contributed by atoms with van der Waals surface area (Å²) in [6.45, 7) is 1.68. The molecule has 3 rings (SSSR count). The molecule has 3 heterocycles. The van der Waals surface area contributed by atoms with Crippen molar-refractivity contribution in [1.82, 2.24) is 15.1 Å². The van der Waals surface area contributed by atoms with Crippen molar-refractivity contribution in [2.24, 2.45) is 0 Å². The summed E-state index contributed by atoms with van der Waals surface area (Å²) in [5.74, 6) is 0.191. The molecule has 10 heteroatoms. The van der Waals surface area contributed by atoms with E-state index in [1.54, 1.807) is 6.92 Å². The van der Waals surface area contributed by atoms with Gasteiger partial charge in [0, 0.05) is 12.8 Å². The van der Waals surface area contributed by atoms with E-state index in [1.807, 2.05) is 17.5 Å². The lowest BCUT2D eigenvalue weighted by Gasteiger charge is -1.98. The highest BCUT2D eigenvalue weighted by molar-refractivity contribution is 7.17. The highest BCUT2D eigenvalue weighted by Crippen LogP contribution is 2.24. The van der Waals surface area contributed by atoms with Crippen LogP contribution in [0.5, 0.6) is 0 Å². The minimum atomic E-state index is -0.470. The van der Waals surface area contributed by atoms with Crippen LogP contribution < -0.4 is 5.32 Å². The number of methoxy groups -OCH3 is 1. The van der Waals surface area contributed by atoms with Gasteiger partial charge in [0.2, 0.25) is 17.6 Å². The Hall–Kier alpha value is -2.59. The second kappa shape index (κ2) is 7.53. The van der Waals surface area contributed by atoms with Crippen LogP contribution in [-0.4, -0.2) is 34.1 Å². The topological polar surface area (TPSA) is 107 Å². The van der Waals surface area contributed by atoms with Gasteiger partial charge in [-0.15, -0.1) is 11.3 Å². The van der Waals surface area contributed by atoms with E-state index >= 15 is 0 Å². The first kappa shape index (κ1) is 17.2. The minimum Gasteiger partial charge on any atom is -0.465 e. The van der Waals surface area contributed by atoms with Gasteiger partial charge in [-0.1, -0.05) is 22.6 Å². The maximum atomic E-state index is 12.0. The van der Waals surface area contributed by atoms with Crippen LogP contribution in [0.2, 0.25) is 0 Å². The summed E-state index contributed by atoms with van der Waals surface area (Å²) in [4.78, 5) is 33.3. The summed E-state index contributed by atoms with van der Waals surface area (Å²) in [5, 5.41) is 8.84. The molecule has 0 bridgehead atoms. The van der Waals surface area contributed by atoms with Crippen LogP contribution >= 0.6 is 22.7 Å². The summed E-state index contributed by atoms with van der Waals surface area (Å²) < 4.78 is 9.82. The molecule has 0 aliphatic carbocycles. The van der Waals surface area contributed by atoms with E-state index in [0.717, 1.165) is 16.2 Å². The Labute approximate surface area is 150 Å². The lowest BCUT2D eigenvalue weighted by Crippen LogP contribution is -2.12. The van der Waals surface area contributed by atoms with Crippen molar-refractivity contribution in [3.05, 3.63) is 34.0 Å². The average molecular weight is 378 g/mol. The number of ether oxygens (including phenoxy) is 1. The molecule has 0 aliphatic heterocycles. The minimum absolute atomic E-state index is 0.165. The molecule has 0 saturated carbocycles. The molecular formula is C15H14N4O4S2. The summed E-state index contributed by atoms with van der Waals surface area (Å²) >= 11 is 2.59. The van der Waals surface area contributed by atoms with Gasteiger partial charge in [0.15, 0.2) is 5.13 Å². The largest absolute Gasteiger partial charge is 0.465 e. The number of hydrogen-bond acceptors (Lipinski definition) is 9. The number of carbonyl (C=O) groups excluding carboxylic acids is 2. The zero-order valence-corrected chi connectivity index (χ0v) is 15.1. The second-order valence-electron chi connectivity index (χ2n) is 4.96. The summed E-state index contributed by atoms with van der Waals surface area (Å²) in [6, 6.07) is 3.80. The first-order chi connectivity index (χ1) is 12.1. The van der Waals surface area contributed by atoms with Gasteiger partial charge in [0.05, 0.1) is 17.7 Å². The number of carbonyl (C=O) groups is 2. The van der Waals surface area contributed by atoms with Crippen molar-refractivity contribution < 1.29 is 18.8 Å². The van der Waals surface area contributed by atoms with E-state index in [0.29, 0.717) is 33.8 Å². The molecule has 25 heavy (non-hydrogen) atoms. The van der Waals surface area contributed by atoms with E-state index in [4.69, 9.17) is 4.52 Å². The first-order valence-corrected chi connectivity index (χ1v) is 8.98. The summed E-state index contributed by atoms with van der Waals surface area (Å²) in [6.07, 6.45) is 0.483. The van der Waals surface area contributed by atoms with E-state index in [-0.39, 0.29) is 12.3 Å². The Bertz CT molecular complexity index is 885. The van der Waals surface area contributed by atoms with E-state index in [1.165, 1.54) is 18.4 Å². The monoisotopic (exact) mass is 378 g/mol. The van der Waals surface area contributed by atoms with Gasteiger partial charge in [0.25, 0.3) is 0 Å². The molecule has 1 amide bonds. The number of rotatable bonds is 6. The standard InChI is InChI=1S/C15H14N4O4S2/c1-8-12(14(21)22-2)25-15(16-8)17-10(20)5-6-11-18-13(19-23-11)9-4-3-7-24-9/h3-4,7H,5-6H2,1-2H3,(H,16,17,20). The molecule has 0 fully saturated rings. The molecule has 0 aliphatic rings. The zero-order chi connectivity index (χ0) is 17.8. The first-order valence-electron chi connectivity index (χ1n) is 7.29. The average Bonchev–Trinajstić information content (AvgIpc) is 3.32. The number of nitrogens with one attached hydrogen (secondary N) is 1. The van der Waals surface area contributed by atoms with Crippen molar-refractivity contribution in [3.63, 3.8) is 0 Å². The Kier molecular flexibility index (Phi) is 5.19.